The Kier molecular flexibility index (Phi) is 12.2. The van der Waals surface area contributed by atoms with Crippen molar-refractivity contribution in [3.63, 3.8) is 0 Å². The Bertz CT molecular complexity index is 2930. The summed E-state index contributed by atoms with van der Waals surface area (Å²) in [6, 6.07) is 63.0. The number of hydrogen-bond donors (Lipinski definition) is 0. The van der Waals surface area contributed by atoms with Crippen molar-refractivity contribution in [3.05, 3.63) is 273 Å². The average molecular weight is 1050 g/mol. The number of benzene rings is 7. The van der Waals surface area contributed by atoms with Crippen molar-refractivity contribution in [2.24, 2.45) is 0 Å². The van der Waals surface area contributed by atoms with Crippen LogP contribution in [0.5, 0.6) is 0 Å². The van der Waals surface area contributed by atoms with Gasteiger partial charge < -0.3 is 14.9 Å². The zero-order valence-corrected chi connectivity index (χ0v) is 38.8. The minimum absolute atomic E-state index is 0. The molecule has 63 heavy (non-hydrogen) atoms. The first kappa shape index (κ1) is 43.6. The topological polar surface area (TPSA) is 88.0 Å². The van der Waals surface area contributed by atoms with Gasteiger partial charge in [-0.15, -0.1) is 0 Å². The standard InChI is InChI=1S/C50H36N4O4P2.2CH3.Pt/c55-43-37-27-13-14-28-38(37)44(56)52-48(34-21-7-2-8-22-34)59(47(51(43)52)33-19-5-1-6-20-33)41-31-17-18-32-42(41)60-49(35-23-9-3-10-24-35)53-45(57)39-29-15-16-30-40(39)46(58)54(53)50(60)36-25-11-4-12-26-36;;;/h1-32,47-50H;2*1H3;/q;2*-1;+2/p+2/t47-,48-,49-,50+,60?;;;/m0.../s1. The largest absolute Gasteiger partial charge is 2.00 e. The SMILES string of the molecule is O=c1c2ccccc2c(=O)n2n1[C@@H](c1ccccc1)[PH+](c1ccccc1[PH+]1[C@@H](c3ccccc3)n3c(=O)c4ccccc4c(=O)n3[C@@H]1c1ccccc1)[C@H]2c1ccccc1.[CH3-].[CH3-].[Pt+2]. The van der Waals surface area contributed by atoms with Gasteiger partial charge in [0.2, 0.25) is 0 Å². The van der Waals surface area contributed by atoms with Gasteiger partial charge in [-0.25, -0.2) is 0 Å². The summed E-state index contributed by atoms with van der Waals surface area (Å²) >= 11 is 0. The molecule has 7 aromatic carbocycles. The van der Waals surface area contributed by atoms with Gasteiger partial charge in [0.15, 0.2) is 23.1 Å². The predicted octanol–water partition coefficient (Wildman–Crippen LogP) is 8.83. The van der Waals surface area contributed by atoms with Crippen LogP contribution in [0.15, 0.2) is 213 Å². The predicted molar refractivity (Wildman–Crippen MR) is 258 cm³/mol. The molecule has 314 valence electrons. The molecular weight excluding hydrogens is 1000 g/mol. The molecule has 1 unspecified atom stereocenters. The Morgan fingerprint density at radius 1 is 0.286 bits per heavy atom. The van der Waals surface area contributed by atoms with E-state index in [1.807, 2.05) is 97.1 Å². The molecule has 0 radical (unpaired) electrons. The zero-order chi connectivity index (χ0) is 40.5. The third-order valence-electron chi connectivity index (χ3n) is 12.2. The molecule has 0 bridgehead atoms. The van der Waals surface area contributed by atoms with Gasteiger partial charge in [0, 0.05) is 22.3 Å². The summed E-state index contributed by atoms with van der Waals surface area (Å²) < 4.78 is 6.98. The molecule has 0 N–H and O–H groups in total. The van der Waals surface area contributed by atoms with Crippen molar-refractivity contribution in [2.75, 3.05) is 0 Å². The monoisotopic (exact) mass is 1050 g/mol. The van der Waals surface area contributed by atoms with Gasteiger partial charge in [0.25, 0.3) is 22.2 Å². The van der Waals surface area contributed by atoms with Crippen molar-refractivity contribution in [2.45, 2.75) is 23.1 Å². The molecule has 0 amide bonds. The zero-order valence-electron chi connectivity index (χ0n) is 34.5. The summed E-state index contributed by atoms with van der Waals surface area (Å²) in [7, 11) is -4.18. The molecule has 2 aliphatic rings. The van der Waals surface area contributed by atoms with E-state index < -0.39 is 39.0 Å². The Morgan fingerprint density at radius 2 is 0.476 bits per heavy atom. The molecule has 0 fully saturated rings. The van der Waals surface area contributed by atoms with E-state index in [-0.39, 0.29) is 58.2 Å². The fraction of sp³-hybridized carbons (Fsp3) is 0.0769. The maximum atomic E-state index is 15.0. The molecule has 2 aliphatic heterocycles. The number of rotatable bonds is 6. The van der Waals surface area contributed by atoms with E-state index in [0.29, 0.717) is 21.5 Å². The first-order valence-electron chi connectivity index (χ1n) is 20.1. The molecule has 2 aromatic heterocycles. The summed E-state index contributed by atoms with van der Waals surface area (Å²) in [5.74, 6) is -1.96. The van der Waals surface area contributed by atoms with E-state index in [9.17, 15) is 0 Å². The number of aromatic nitrogens is 4. The van der Waals surface area contributed by atoms with Crippen molar-refractivity contribution in [1.82, 2.24) is 18.7 Å². The van der Waals surface area contributed by atoms with Crippen molar-refractivity contribution in [1.29, 1.82) is 0 Å². The van der Waals surface area contributed by atoms with Gasteiger partial charge >= 0.3 is 21.1 Å². The molecule has 0 aliphatic carbocycles. The Labute approximate surface area is 381 Å². The molecule has 5 atom stereocenters. The second kappa shape index (κ2) is 17.6. The van der Waals surface area contributed by atoms with Crippen LogP contribution in [0.2, 0.25) is 0 Å². The van der Waals surface area contributed by atoms with Crippen molar-refractivity contribution >= 4 is 48.0 Å². The maximum absolute atomic E-state index is 15.0. The summed E-state index contributed by atoms with van der Waals surface area (Å²) in [4.78, 5) is 60.1. The molecule has 0 saturated heterocycles. The molecule has 4 heterocycles. The Balaban J connectivity index is 0.00000181. The molecule has 9 aromatic rings. The molecule has 8 nitrogen and oxygen atoms in total. The Hall–Kier alpha value is -6.03. The van der Waals surface area contributed by atoms with Crippen LogP contribution in [0.4, 0.5) is 0 Å². The number of hydrogen-bond acceptors (Lipinski definition) is 4. The second-order valence-corrected chi connectivity index (χ2v) is 20.5. The van der Waals surface area contributed by atoms with E-state index in [4.69, 9.17) is 0 Å². The van der Waals surface area contributed by atoms with E-state index in [1.165, 1.54) is 0 Å². The van der Waals surface area contributed by atoms with Crippen LogP contribution in [-0.2, 0) is 21.1 Å². The van der Waals surface area contributed by atoms with Gasteiger partial charge in [0.05, 0.1) is 37.4 Å². The smallest absolute Gasteiger partial charge is 0.358 e. The average Bonchev–Trinajstić information content (AvgIpc) is 3.87. The van der Waals surface area contributed by atoms with Gasteiger partial charge in [-0.3, -0.25) is 19.2 Å². The first-order valence-corrected chi connectivity index (χ1v) is 23.4. The molecule has 0 spiro atoms. The number of nitrogens with zero attached hydrogens (tertiary/aromatic N) is 4. The van der Waals surface area contributed by atoms with Crippen LogP contribution in [0.25, 0.3) is 21.5 Å². The van der Waals surface area contributed by atoms with Gasteiger partial charge in [-0.05, 0) is 36.4 Å². The van der Waals surface area contributed by atoms with Crippen LogP contribution in [0, 0.1) is 14.9 Å². The minimum atomic E-state index is -2.09. The third kappa shape index (κ3) is 6.79. The fourth-order valence-electron chi connectivity index (χ4n) is 9.79. The summed E-state index contributed by atoms with van der Waals surface area (Å²) in [6.45, 7) is 0. The van der Waals surface area contributed by atoms with Crippen LogP contribution < -0.4 is 32.8 Å². The Morgan fingerprint density at radius 3 is 0.698 bits per heavy atom. The van der Waals surface area contributed by atoms with Crippen molar-refractivity contribution < 1.29 is 21.1 Å². The van der Waals surface area contributed by atoms with Crippen LogP contribution in [0.1, 0.15) is 45.4 Å². The molecule has 11 rings (SSSR count). The summed E-state index contributed by atoms with van der Waals surface area (Å²) in [6.07, 6.45) is 0. The molecule has 0 saturated carbocycles. The summed E-state index contributed by atoms with van der Waals surface area (Å²) in [5, 5.41) is 3.69. The van der Waals surface area contributed by atoms with E-state index in [0.717, 1.165) is 32.9 Å². The quantitative estimate of drug-likeness (QED) is 0.123. The van der Waals surface area contributed by atoms with Crippen LogP contribution in [0.3, 0.4) is 0 Å². The van der Waals surface area contributed by atoms with Crippen molar-refractivity contribution in [3.8, 4) is 0 Å². The maximum Gasteiger partial charge on any atom is 2.00 e. The van der Waals surface area contributed by atoms with Gasteiger partial charge in [-0.2, -0.15) is 18.7 Å². The van der Waals surface area contributed by atoms with E-state index in [1.54, 1.807) is 43.0 Å². The van der Waals surface area contributed by atoms with Crippen LogP contribution in [-0.4, -0.2) is 18.7 Å². The normalized spacial score (nSPS) is 18.8. The van der Waals surface area contributed by atoms with E-state index in [2.05, 4.69) is 72.8 Å². The summed E-state index contributed by atoms with van der Waals surface area (Å²) in [5.41, 5.74) is 2.90. The van der Waals surface area contributed by atoms with E-state index >= 15 is 19.2 Å². The van der Waals surface area contributed by atoms with Gasteiger partial charge in [-0.1, -0.05) is 158 Å². The fourth-order valence-corrected chi connectivity index (χ4v) is 18.0. The van der Waals surface area contributed by atoms with Gasteiger partial charge in [0.1, 0.15) is 10.6 Å². The first-order chi connectivity index (χ1) is 29.5. The third-order valence-corrected chi connectivity index (χ3v) is 19.3. The minimum Gasteiger partial charge on any atom is -0.358 e. The number of fused-ring (bicyclic) bond motifs is 4. The van der Waals surface area contributed by atoms with Crippen LogP contribution >= 0.6 is 15.8 Å². The molecular formula is C52H44N4O4P2Pt+2. The molecule has 11 heteroatoms. The second-order valence-electron chi connectivity index (χ2n) is 15.4.